The summed E-state index contributed by atoms with van der Waals surface area (Å²) in [6, 6.07) is 11.6. The third kappa shape index (κ3) is 4.95. The molecular formula is C18H12Cl3N3O4. The molecule has 0 saturated carbocycles. The highest BCUT2D eigenvalue weighted by molar-refractivity contribution is 6.35. The molecule has 0 unspecified atom stereocenters. The molecule has 0 N–H and O–H groups in total. The smallest absolute Gasteiger partial charge is 0.301 e. The second kappa shape index (κ2) is 8.97. The van der Waals surface area contributed by atoms with Crippen molar-refractivity contribution >= 4 is 46.4 Å². The van der Waals surface area contributed by atoms with Gasteiger partial charge in [-0.15, -0.1) is 10.1 Å². The quantitative estimate of drug-likeness (QED) is 0.273. The van der Waals surface area contributed by atoms with E-state index in [0.29, 0.717) is 15.6 Å². The minimum atomic E-state index is -0.940. The second-order valence-corrected chi connectivity index (χ2v) is 6.74. The molecule has 10 heteroatoms. The van der Waals surface area contributed by atoms with Crippen LogP contribution in [0.1, 0.15) is 11.1 Å². The predicted molar refractivity (Wildman–Crippen MR) is 106 cm³/mol. The van der Waals surface area contributed by atoms with Crippen LogP contribution in [0.4, 0.5) is 0 Å². The molecule has 0 atom stereocenters. The Bertz CT molecular complexity index is 1010. The monoisotopic (exact) mass is 439 g/mol. The van der Waals surface area contributed by atoms with Crippen molar-refractivity contribution in [1.29, 1.82) is 0 Å². The van der Waals surface area contributed by atoms with Crippen molar-refractivity contribution in [2.24, 2.45) is 0 Å². The molecule has 3 aromatic rings. The molecular weight excluding hydrogens is 429 g/mol. The lowest BCUT2D eigenvalue weighted by Gasteiger charge is -2.17. The Balaban J connectivity index is 2.08. The summed E-state index contributed by atoms with van der Waals surface area (Å²) in [5.74, 6) is -0.160. The number of nitrogens with zero attached hydrogens (tertiary/aromatic N) is 3. The lowest BCUT2D eigenvalue weighted by atomic mass is 10.2. The Morgan fingerprint density at radius 3 is 2.43 bits per heavy atom. The van der Waals surface area contributed by atoms with Gasteiger partial charge in [-0.1, -0.05) is 46.9 Å². The van der Waals surface area contributed by atoms with Crippen molar-refractivity contribution in [3.63, 3.8) is 0 Å². The van der Waals surface area contributed by atoms with Crippen LogP contribution < -0.4 is 0 Å². The Morgan fingerprint density at radius 2 is 1.82 bits per heavy atom. The summed E-state index contributed by atoms with van der Waals surface area (Å²) in [5.41, 5.74) is 1.16. The van der Waals surface area contributed by atoms with Crippen LogP contribution in [0.5, 0.6) is 0 Å². The first-order valence-corrected chi connectivity index (χ1v) is 8.95. The summed E-state index contributed by atoms with van der Waals surface area (Å²) in [5, 5.41) is 11.4. The van der Waals surface area contributed by atoms with Crippen LogP contribution in [0.25, 0.3) is 11.6 Å². The normalized spacial score (nSPS) is 11.7. The van der Waals surface area contributed by atoms with Gasteiger partial charge in [0, 0.05) is 28.0 Å². The van der Waals surface area contributed by atoms with Crippen LogP contribution in [-0.4, -0.2) is 14.6 Å². The highest BCUT2D eigenvalue weighted by Crippen LogP contribution is 2.32. The van der Waals surface area contributed by atoms with Gasteiger partial charge in [-0.25, -0.2) is 4.98 Å². The molecule has 2 aromatic carbocycles. The summed E-state index contributed by atoms with van der Waals surface area (Å²) in [7, 11) is 0. The van der Waals surface area contributed by atoms with E-state index in [2.05, 4.69) is 4.98 Å². The number of rotatable bonds is 7. The Kier molecular flexibility index (Phi) is 6.41. The van der Waals surface area contributed by atoms with Crippen LogP contribution in [-0.2, 0) is 16.2 Å². The SMILES string of the molecule is O=[N+]([O-])O/C(=C(/OCc1ccc(Cl)cc1)c1ccc(Cl)cc1Cl)n1ccnc1. The second-order valence-electron chi connectivity index (χ2n) is 5.46. The minimum Gasteiger partial charge on any atom is -0.484 e. The van der Waals surface area contributed by atoms with Gasteiger partial charge in [0.25, 0.3) is 0 Å². The van der Waals surface area contributed by atoms with Crippen molar-refractivity contribution in [3.8, 4) is 0 Å². The van der Waals surface area contributed by atoms with Gasteiger partial charge >= 0.3 is 5.09 Å². The molecule has 3 rings (SSSR count). The molecule has 28 heavy (non-hydrogen) atoms. The Morgan fingerprint density at radius 1 is 1.11 bits per heavy atom. The van der Waals surface area contributed by atoms with Crippen molar-refractivity contribution in [2.75, 3.05) is 0 Å². The maximum Gasteiger partial charge on any atom is 0.301 e. The Hall–Kier alpha value is -2.74. The van der Waals surface area contributed by atoms with Gasteiger partial charge in [0.1, 0.15) is 12.9 Å². The zero-order chi connectivity index (χ0) is 20.1. The first-order valence-electron chi connectivity index (χ1n) is 7.81. The van der Waals surface area contributed by atoms with Crippen molar-refractivity contribution in [2.45, 2.75) is 6.61 Å². The number of aromatic nitrogens is 2. The van der Waals surface area contributed by atoms with Gasteiger partial charge in [-0.3, -0.25) is 9.40 Å². The first kappa shape index (κ1) is 20.0. The van der Waals surface area contributed by atoms with Crippen LogP contribution in [0.15, 0.2) is 61.2 Å². The molecule has 7 nitrogen and oxygen atoms in total. The average molecular weight is 441 g/mol. The molecule has 0 aliphatic rings. The van der Waals surface area contributed by atoms with Crippen LogP contribution >= 0.6 is 34.8 Å². The molecule has 0 spiro atoms. The van der Waals surface area contributed by atoms with Crippen molar-refractivity contribution < 1.29 is 14.7 Å². The van der Waals surface area contributed by atoms with Crippen molar-refractivity contribution in [3.05, 3.63) is 97.5 Å². The third-order valence-corrected chi connectivity index (χ3v) is 4.37. The molecule has 0 radical (unpaired) electrons. The Labute approximate surface area is 174 Å². The van der Waals surface area contributed by atoms with E-state index >= 15 is 0 Å². The third-order valence-electron chi connectivity index (χ3n) is 3.57. The number of ether oxygens (including phenoxy) is 1. The maximum absolute atomic E-state index is 11.1. The topological polar surface area (TPSA) is 79.4 Å². The van der Waals surface area contributed by atoms with Gasteiger partial charge in [0.15, 0.2) is 5.76 Å². The first-order chi connectivity index (χ1) is 13.4. The molecule has 1 aromatic heterocycles. The number of benzene rings is 2. The van der Waals surface area contributed by atoms with Gasteiger partial charge < -0.3 is 4.74 Å². The van der Waals surface area contributed by atoms with E-state index in [-0.39, 0.29) is 23.3 Å². The highest BCUT2D eigenvalue weighted by atomic mass is 35.5. The van der Waals surface area contributed by atoms with Gasteiger partial charge in [-0.2, -0.15) is 0 Å². The standard InChI is InChI=1S/C18H12Cl3N3O4/c19-13-3-1-12(2-4-13)10-27-17(15-6-5-14(20)9-16(15)21)18(28-24(25)26)23-8-7-22-11-23/h1-9,11H,10H2/b18-17+. The molecule has 0 saturated heterocycles. The summed E-state index contributed by atoms with van der Waals surface area (Å²) in [6.45, 7) is 0.0880. The number of imidazole rings is 1. The average Bonchev–Trinajstić information content (AvgIpc) is 3.18. The van der Waals surface area contributed by atoms with E-state index < -0.39 is 5.09 Å². The fourth-order valence-corrected chi connectivity index (χ4v) is 2.94. The van der Waals surface area contributed by atoms with E-state index in [9.17, 15) is 10.1 Å². The molecule has 0 aliphatic heterocycles. The lowest BCUT2D eigenvalue weighted by Crippen LogP contribution is -2.10. The van der Waals surface area contributed by atoms with E-state index in [1.807, 2.05) is 0 Å². The van der Waals surface area contributed by atoms with Crippen molar-refractivity contribution in [1.82, 2.24) is 9.55 Å². The predicted octanol–water partition coefficient (Wildman–Crippen LogP) is 5.55. The largest absolute Gasteiger partial charge is 0.484 e. The lowest BCUT2D eigenvalue weighted by molar-refractivity contribution is -0.731. The van der Waals surface area contributed by atoms with Gasteiger partial charge in [-0.05, 0) is 35.9 Å². The fourth-order valence-electron chi connectivity index (χ4n) is 2.32. The molecule has 0 bridgehead atoms. The summed E-state index contributed by atoms with van der Waals surface area (Å²) >= 11 is 18.2. The van der Waals surface area contributed by atoms with Gasteiger partial charge in [0.05, 0.1) is 5.02 Å². The maximum atomic E-state index is 11.1. The minimum absolute atomic E-state index is 0.0475. The number of hydrogen-bond donors (Lipinski definition) is 0. The summed E-state index contributed by atoms with van der Waals surface area (Å²) in [4.78, 5) is 19.8. The van der Waals surface area contributed by atoms with Crippen LogP contribution in [0.3, 0.4) is 0 Å². The van der Waals surface area contributed by atoms with E-state index in [1.54, 1.807) is 36.4 Å². The van der Waals surface area contributed by atoms with Gasteiger partial charge in [0.2, 0.25) is 5.88 Å². The molecule has 0 fully saturated rings. The highest BCUT2D eigenvalue weighted by Gasteiger charge is 2.20. The molecule has 0 amide bonds. The summed E-state index contributed by atoms with van der Waals surface area (Å²) < 4.78 is 7.20. The zero-order valence-electron chi connectivity index (χ0n) is 14.1. The van der Waals surface area contributed by atoms with Crippen LogP contribution in [0.2, 0.25) is 15.1 Å². The summed E-state index contributed by atoms with van der Waals surface area (Å²) in [6.07, 6.45) is 4.27. The molecule has 0 aliphatic carbocycles. The number of halogens is 3. The number of hydrogen-bond acceptors (Lipinski definition) is 5. The van der Waals surface area contributed by atoms with E-state index in [4.69, 9.17) is 44.4 Å². The fraction of sp³-hybridized carbons (Fsp3) is 0.0556. The van der Waals surface area contributed by atoms with Crippen LogP contribution in [0, 0.1) is 10.1 Å². The molecule has 1 heterocycles. The zero-order valence-corrected chi connectivity index (χ0v) is 16.4. The van der Waals surface area contributed by atoms with E-state index in [1.165, 1.54) is 29.4 Å². The molecule has 144 valence electrons. The van der Waals surface area contributed by atoms with E-state index in [0.717, 1.165) is 5.56 Å².